The summed E-state index contributed by atoms with van der Waals surface area (Å²) in [6.45, 7) is 5.92. The SMILES string of the molecule is COCCC1(c2noc(C)n2)CCN(C(=O)Cc2ccc(C)cc2)CC1. The van der Waals surface area contributed by atoms with Gasteiger partial charge in [-0.1, -0.05) is 35.0 Å². The Bertz CT molecular complexity index is 731. The van der Waals surface area contributed by atoms with Crippen molar-refractivity contribution in [3.63, 3.8) is 0 Å². The van der Waals surface area contributed by atoms with Crippen molar-refractivity contribution in [2.24, 2.45) is 0 Å². The Morgan fingerprint density at radius 3 is 2.50 bits per heavy atom. The molecule has 1 aliphatic heterocycles. The van der Waals surface area contributed by atoms with Crippen LogP contribution in [0.1, 0.15) is 42.1 Å². The molecule has 1 fully saturated rings. The molecule has 0 spiro atoms. The highest BCUT2D eigenvalue weighted by Gasteiger charge is 2.40. The number of carbonyl (C=O) groups is 1. The molecular formula is C20H27N3O3. The first-order valence-electron chi connectivity index (χ1n) is 9.15. The number of methoxy groups -OCH3 is 1. The average Bonchev–Trinajstić information content (AvgIpc) is 3.09. The number of rotatable bonds is 6. The number of amides is 1. The Morgan fingerprint density at radius 2 is 1.92 bits per heavy atom. The first-order chi connectivity index (χ1) is 12.5. The van der Waals surface area contributed by atoms with Crippen LogP contribution >= 0.6 is 0 Å². The topological polar surface area (TPSA) is 68.5 Å². The van der Waals surface area contributed by atoms with Crippen LogP contribution in [-0.2, 0) is 21.4 Å². The minimum absolute atomic E-state index is 0.172. The number of ether oxygens (including phenoxy) is 1. The zero-order valence-electron chi connectivity index (χ0n) is 15.8. The van der Waals surface area contributed by atoms with Crippen LogP contribution in [0.4, 0.5) is 0 Å². The Kier molecular flexibility index (Phi) is 5.71. The fourth-order valence-corrected chi connectivity index (χ4v) is 3.57. The molecule has 1 amide bonds. The third-order valence-corrected chi connectivity index (χ3v) is 5.34. The van der Waals surface area contributed by atoms with E-state index in [0.29, 0.717) is 32.0 Å². The maximum absolute atomic E-state index is 12.7. The van der Waals surface area contributed by atoms with Crippen molar-refractivity contribution in [3.05, 3.63) is 47.1 Å². The first-order valence-corrected chi connectivity index (χ1v) is 9.15. The summed E-state index contributed by atoms with van der Waals surface area (Å²) in [5.41, 5.74) is 2.09. The highest BCUT2D eigenvalue weighted by molar-refractivity contribution is 5.78. The maximum atomic E-state index is 12.7. The molecule has 0 bridgehead atoms. The predicted octanol–water partition coefficient (Wildman–Crippen LogP) is 2.83. The van der Waals surface area contributed by atoms with Gasteiger partial charge >= 0.3 is 0 Å². The van der Waals surface area contributed by atoms with Crippen molar-refractivity contribution in [1.82, 2.24) is 15.0 Å². The lowest BCUT2D eigenvalue weighted by atomic mass is 9.75. The van der Waals surface area contributed by atoms with E-state index in [2.05, 4.69) is 17.1 Å². The molecule has 6 nitrogen and oxygen atoms in total. The van der Waals surface area contributed by atoms with E-state index < -0.39 is 0 Å². The minimum atomic E-state index is -0.172. The molecule has 2 aromatic rings. The molecule has 2 heterocycles. The lowest BCUT2D eigenvalue weighted by Crippen LogP contribution is -2.46. The number of hydrogen-bond donors (Lipinski definition) is 0. The number of carbonyl (C=O) groups excluding carboxylic acids is 1. The predicted molar refractivity (Wildman–Crippen MR) is 97.9 cm³/mol. The fourth-order valence-electron chi connectivity index (χ4n) is 3.57. The lowest BCUT2D eigenvalue weighted by Gasteiger charge is -2.39. The molecule has 0 radical (unpaired) electrons. The van der Waals surface area contributed by atoms with Crippen molar-refractivity contribution in [2.75, 3.05) is 26.8 Å². The lowest BCUT2D eigenvalue weighted by molar-refractivity contribution is -0.132. The molecule has 1 aromatic heterocycles. The summed E-state index contributed by atoms with van der Waals surface area (Å²) >= 11 is 0. The van der Waals surface area contributed by atoms with Crippen LogP contribution < -0.4 is 0 Å². The van der Waals surface area contributed by atoms with E-state index in [1.54, 1.807) is 14.0 Å². The number of piperidine rings is 1. The van der Waals surface area contributed by atoms with Crippen molar-refractivity contribution in [1.29, 1.82) is 0 Å². The van der Waals surface area contributed by atoms with Crippen molar-refractivity contribution in [3.8, 4) is 0 Å². The molecule has 0 unspecified atom stereocenters. The van der Waals surface area contributed by atoms with Gasteiger partial charge in [-0.25, -0.2) is 0 Å². The summed E-state index contributed by atoms with van der Waals surface area (Å²) in [5, 5.41) is 4.17. The minimum Gasteiger partial charge on any atom is -0.385 e. The highest BCUT2D eigenvalue weighted by Crippen LogP contribution is 2.37. The van der Waals surface area contributed by atoms with Gasteiger partial charge in [-0.3, -0.25) is 4.79 Å². The van der Waals surface area contributed by atoms with Gasteiger partial charge in [0.25, 0.3) is 0 Å². The monoisotopic (exact) mass is 357 g/mol. The number of aryl methyl sites for hydroxylation is 2. The Labute approximate surface area is 154 Å². The number of aromatic nitrogens is 2. The van der Waals surface area contributed by atoms with Gasteiger partial charge in [-0.05, 0) is 31.7 Å². The Balaban J connectivity index is 1.65. The van der Waals surface area contributed by atoms with E-state index in [0.717, 1.165) is 30.7 Å². The van der Waals surface area contributed by atoms with Gasteiger partial charge in [0.05, 0.1) is 6.42 Å². The fraction of sp³-hybridized carbons (Fsp3) is 0.550. The molecular weight excluding hydrogens is 330 g/mol. The maximum Gasteiger partial charge on any atom is 0.226 e. The Hall–Kier alpha value is -2.21. The molecule has 3 rings (SSSR count). The molecule has 0 N–H and O–H groups in total. The summed E-state index contributed by atoms with van der Waals surface area (Å²) in [6.07, 6.45) is 2.94. The van der Waals surface area contributed by atoms with E-state index in [-0.39, 0.29) is 11.3 Å². The molecule has 1 aliphatic rings. The summed E-state index contributed by atoms with van der Waals surface area (Å²) in [6, 6.07) is 8.16. The van der Waals surface area contributed by atoms with Gasteiger partial charge in [-0.15, -0.1) is 0 Å². The van der Waals surface area contributed by atoms with Gasteiger partial charge in [0.2, 0.25) is 11.8 Å². The van der Waals surface area contributed by atoms with Gasteiger partial charge in [0.15, 0.2) is 5.82 Å². The molecule has 26 heavy (non-hydrogen) atoms. The quantitative estimate of drug-likeness (QED) is 0.795. The third kappa shape index (κ3) is 4.12. The summed E-state index contributed by atoms with van der Waals surface area (Å²) in [7, 11) is 1.70. The molecule has 6 heteroatoms. The standard InChI is InChI=1S/C20H27N3O3/c1-15-4-6-17(7-5-15)14-18(24)23-11-8-20(9-12-23,10-13-25-3)19-21-16(2)26-22-19/h4-7H,8-14H2,1-3H3. The van der Waals surface area contributed by atoms with Crippen molar-refractivity contribution in [2.45, 2.75) is 44.9 Å². The van der Waals surface area contributed by atoms with E-state index >= 15 is 0 Å². The number of nitrogens with zero attached hydrogens (tertiary/aromatic N) is 3. The van der Waals surface area contributed by atoms with E-state index in [1.165, 1.54) is 5.56 Å². The van der Waals surface area contributed by atoms with E-state index in [4.69, 9.17) is 9.26 Å². The third-order valence-electron chi connectivity index (χ3n) is 5.34. The van der Waals surface area contributed by atoms with Gasteiger partial charge in [0.1, 0.15) is 0 Å². The first kappa shape index (κ1) is 18.6. The molecule has 1 saturated heterocycles. The summed E-state index contributed by atoms with van der Waals surface area (Å²) in [5.74, 6) is 1.51. The van der Waals surface area contributed by atoms with Gasteiger partial charge < -0.3 is 14.2 Å². The highest BCUT2D eigenvalue weighted by atomic mass is 16.5. The molecule has 140 valence electrons. The molecule has 1 aromatic carbocycles. The molecule has 0 atom stereocenters. The summed E-state index contributed by atoms with van der Waals surface area (Å²) in [4.78, 5) is 19.1. The second kappa shape index (κ2) is 7.99. The molecule has 0 aliphatic carbocycles. The Morgan fingerprint density at radius 1 is 1.23 bits per heavy atom. The van der Waals surface area contributed by atoms with Gasteiger partial charge in [-0.2, -0.15) is 4.98 Å². The smallest absolute Gasteiger partial charge is 0.226 e. The van der Waals surface area contributed by atoms with E-state index in [1.807, 2.05) is 29.2 Å². The number of benzene rings is 1. The van der Waals surface area contributed by atoms with Crippen LogP contribution in [0.15, 0.2) is 28.8 Å². The molecule has 0 saturated carbocycles. The normalized spacial score (nSPS) is 16.7. The second-order valence-corrected chi connectivity index (χ2v) is 7.20. The second-order valence-electron chi connectivity index (χ2n) is 7.20. The van der Waals surface area contributed by atoms with Crippen LogP contribution in [0.3, 0.4) is 0 Å². The number of hydrogen-bond acceptors (Lipinski definition) is 5. The van der Waals surface area contributed by atoms with Crippen LogP contribution in [0.2, 0.25) is 0 Å². The largest absolute Gasteiger partial charge is 0.385 e. The van der Waals surface area contributed by atoms with Crippen LogP contribution in [0.5, 0.6) is 0 Å². The zero-order chi connectivity index (χ0) is 18.6. The zero-order valence-corrected chi connectivity index (χ0v) is 15.8. The van der Waals surface area contributed by atoms with E-state index in [9.17, 15) is 4.79 Å². The summed E-state index contributed by atoms with van der Waals surface area (Å²) < 4.78 is 10.5. The van der Waals surface area contributed by atoms with Crippen LogP contribution in [0.25, 0.3) is 0 Å². The van der Waals surface area contributed by atoms with Crippen LogP contribution in [0, 0.1) is 13.8 Å². The van der Waals surface area contributed by atoms with Crippen molar-refractivity contribution < 1.29 is 14.1 Å². The number of likely N-dealkylation sites (tertiary alicyclic amines) is 1. The van der Waals surface area contributed by atoms with Crippen molar-refractivity contribution >= 4 is 5.91 Å². The van der Waals surface area contributed by atoms with Crippen LogP contribution in [-0.4, -0.2) is 47.8 Å². The average molecular weight is 357 g/mol. The van der Waals surface area contributed by atoms with Gasteiger partial charge in [0, 0.05) is 39.1 Å².